The maximum Gasteiger partial charge on any atom is 0.349 e. The Kier molecular flexibility index (Phi) is 4.79. The van der Waals surface area contributed by atoms with Crippen LogP contribution in [0.5, 0.6) is 0 Å². The third-order valence-corrected chi connectivity index (χ3v) is 5.97. The number of nitrogens with two attached hydrogens (primary N) is 1. The molecular formula is C12H18N2O4S2. The van der Waals surface area contributed by atoms with Gasteiger partial charge >= 0.3 is 5.97 Å². The molecule has 20 heavy (non-hydrogen) atoms. The molecule has 0 bridgehead atoms. The number of hydrogen-bond acceptors (Lipinski definition) is 6. The van der Waals surface area contributed by atoms with Gasteiger partial charge in [0.2, 0.25) is 10.0 Å². The molecule has 1 aromatic heterocycles. The van der Waals surface area contributed by atoms with Crippen molar-refractivity contribution in [1.29, 1.82) is 0 Å². The first kappa shape index (κ1) is 15.4. The van der Waals surface area contributed by atoms with E-state index < -0.39 is 16.0 Å². The van der Waals surface area contributed by atoms with Gasteiger partial charge in [0.15, 0.2) is 0 Å². The lowest BCUT2D eigenvalue weighted by Gasteiger charge is -2.26. The number of methoxy groups -OCH3 is 1. The van der Waals surface area contributed by atoms with Crippen LogP contribution in [0.2, 0.25) is 0 Å². The molecule has 0 aromatic carbocycles. The van der Waals surface area contributed by atoms with Crippen LogP contribution in [-0.4, -0.2) is 33.6 Å². The highest BCUT2D eigenvalue weighted by Gasteiger charge is 2.28. The number of esters is 1. The van der Waals surface area contributed by atoms with Crippen molar-refractivity contribution < 1.29 is 17.9 Å². The average Bonchev–Trinajstić information content (AvgIpc) is 2.90. The van der Waals surface area contributed by atoms with Crippen molar-refractivity contribution in [3.05, 3.63) is 16.3 Å². The van der Waals surface area contributed by atoms with Crippen molar-refractivity contribution in [2.24, 2.45) is 5.73 Å². The van der Waals surface area contributed by atoms with E-state index >= 15 is 0 Å². The minimum atomic E-state index is -3.70. The Labute approximate surface area is 122 Å². The van der Waals surface area contributed by atoms with E-state index in [1.165, 1.54) is 13.2 Å². The van der Waals surface area contributed by atoms with Crippen molar-refractivity contribution in [3.63, 3.8) is 0 Å². The van der Waals surface area contributed by atoms with E-state index in [1.54, 1.807) is 5.38 Å². The van der Waals surface area contributed by atoms with Gasteiger partial charge in [0, 0.05) is 12.1 Å². The molecule has 112 valence electrons. The molecule has 1 aliphatic rings. The molecule has 2 rings (SSSR count). The maximum absolute atomic E-state index is 12.3. The molecule has 0 saturated heterocycles. The van der Waals surface area contributed by atoms with E-state index in [9.17, 15) is 13.2 Å². The summed E-state index contributed by atoms with van der Waals surface area (Å²) in [5.41, 5.74) is 5.80. The van der Waals surface area contributed by atoms with Crippen LogP contribution < -0.4 is 10.5 Å². The average molecular weight is 318 g/mol. The zero-order valence-electron chi connectivity index (χ0n) is 11.2. The number of rotatable bonds is 4. The van der Waals surface area contributed by atoms with Gasteiger partial charge < -0.3 is 10.5 Å². The fourth-order valence-corrected chi connectivity index (χ4v) is 4.91. The summed E-state index contributed by atoms with van der Waals surface area (Å²) >= 11 is 1.06. The molecule has 1 fully saturated rings. The Morgan fingerprint density at radius 1 is 1.40 bits per heavy atom. The first-order chi connectivity index (χ1) is 9.44. The summed E-state index contributed by atoms with van der Waals surface area (Å²) in [4.78, 5) is 11.7. The van der Waals surface area contributed by atoms with E-state index in [0.717, 1.165) is 37.0 Å². The Morgan fingerprint density at radius 2 is 2.05 bits per heavy atom. The second-order valence-corrected chi connectivity index (χ2v) is 7.44. The smallest absolute Gasteiger partial charge is 0.349 e. The van der Waals surface area contributed by atoms with Gasteiger partial charge in [0.25, 0.3) is 0 Å². The van der Waals surface area contributed by atoms with Crippen LogP contribution in [0.3, 0.4) is 0 Å². The minimum absolute atomic E-state index is 0.00998. The fraction of sp³-hybridized carbons (Fsp3) is 0.583. The number of carbonyl (C=O) groups is 1. The Hall–Kier alpha value is -0.960. The predicted molar refractivity (Wildman–Crippen MR) is 76.2 cm³/mol. The van der Waals surface area contributed by atoms with Crippen LogP contribution in [0.15, 0.2) is 16.3 Å². The molecular weight excluding hydrogens is 300 g/mol. The lowest BCUT2D eigenvalue weighted by atomic mass is 9.93. The fourth-order valence-electron chi connectivity index (χ4n) is 2.27. The molecule has 0 unspecified atom stereocenters. The van der Waals surface area contributed by atoms with Gasteiger partial charge in [-0.2, -0.15) is 0 Å². The quantitative estimate of drug-likeness (QED) is 0.810. The standard InChI is InChI=1S/C12H18N2O4S2/c1-18-12(15)11-10(6-7-19-11)20(16,17)14-9-4-2-8(13)3-5-9/h6-9,14H,2-5,13H2,1H3. The van der Waals surface area contributed by atoms with Gasteiger partial charge in [-0.3, -0.25) is 0 Å². The third-order valence-electron chi connectivity index (χ3n) is 3.38. The van der Waals surface area contributed by atoms with E-state index in [0.29, 0.717) is 0 Å². The van der Waals surface area contributed by atoms with Gasteiger partial charge in [0.05, 0.1) is 7.11 Å². The summed E-state index contributed by atoms with van der Waals surface area (Å²) in [6, 6.07) is 1.46. The molecule has 1 aliphatic carbocycles. The van der Waals surface area contributed by atoms with Crippen LogP contribution in [0.1, 0.15) is 35.4 Å². The topological polar surface area (TPSA) is 98.5 Å². The lowest BCUT2D eigenvalue weighted by molar-refractivity contribution is 0.0602. The number of hydrogen-bond donors (Lipinski definition) is 2. The molecule has 1 aromatic rings. The van der Waals surface area contributed by atoms with Gasteiger partial charge in [-0.05, 0) is 37.1 Å². The number of nitrogens with one attached hydrogen (secondary N) is 1. The summed E-state index contributed by atoms with van der Waals surface area (Å²) in [7, 11) is -2.47. The third kappa shape index (κ3) is 3.38. The van der Waals surface area contributed by atoms with Crippen molar-refractivity contribution in [2.45, 2.75) is 42.7 Å². The second-order valence-electron chi connectivity index (χ2n) is 4.84. The zero-order valence-corrected chi connectivity index (χ0v) is 12.8. The first-order valence-corrected chi connectivity index (χ1v) is 8.74. The molecule has 0 spiro atoms. The number of thiophene rings is 1. The van der Waals surface area contributed by atoms with Crippen LogP contribution in [0.25, 0.3) is 0 Å². The molecule has 0 aliphatic heterocycles. The Morgan fingerprint density at radius 3 is 2.65 bits per heavy atom. The van der Waals surface area contributed by atoms with Gasteiger partial charge in [-0.15, -0.1) is 11.3 Å². The summed E-state index contributed by atoms with van der Waals surface area (Å²) in [5, 5.41) is 1.57. The SMILES string of the molecule is COC(=O)c1sccc1S(=O)(=O)NC1CCC(N)CC1. The Bertz CT molecular complexity index is 574. The van der Waals surface area contributed by atoms with Crippen LogP contribution in [0.4, 0.5) is 0 Å². The molecule has 6 nitrogen and oxygen atoms in total. The Balaban J connectivity index is 2.15. The first-order valence-electron chi connectivity index (χ1n) is 6.37. The molecule has 1 saturated carbocycles. The predicted octanol–water partition coefficient (Wildman–Crippen LogP) is 1.08. The summed E-state index contributed by atoms with van der Waals surface area (Å²) in [6.07, 6.45) is 3.05. The summed E-state index contributed by atoms with van der Waals surface area (Å²) in [6.45, 7) is 0. The second kappa shape index (κ2) is 6.21. The molecule has 0 atom stereocenters. The molecule has 1 heterocycles. The van der Waals surface area contributed by atoms with Crippen molar-refractivity contribution in [1.82, 2.24) is 4.72 Å². The van der Waals surface area contributed by atoms with Crippen LogP contribution in [-0.2, 0) is 14.8 Å². The van der Waals surface area contributed by atoms with E-state index in [2.05, 4.69) is 9.46 Å². The summed E-state index contributed by atoms with van der Waals surface area (Å²) < 4.78 is 31.9. The minimum Gasteiger partial charge on any atom is -0.465 e. The van der Waals surface area contributed by atoms with Crippen LogP contribution in [0, 0.1) is 0 Å². The highest BCUT2D eigenvalue weighted by molar-refractivity contribution is 7.89. The maximum atomic E-state index is 12.3. The van der Waals surface area contributed by atoms with Crippen molar-refractivity contribution in [3.8, 4) is 0 Å². The highest BCUT2D eigenvalue weighted by Crippen LogP contribution is 2.25. The van der Waals surface area contributed by atoms with Gasteiger partial charge in [-0.25, -0.2) is 17.9 Å². The molecule has 0 radical (unpaired) electrons. The van der Waals surface area contributed by atoms with Crippen molar-refractivity contribution >= 4 is 27.3 Å². The zero-order chi connectivity index (χ0) is 14.8. The van der Waals surface area contributed by atoms with Crippen LogP contribution >= 0.6 is 11.3 Å². The molecule has 0 amide bonds. The monoisotopic (exact) mass is 318 g/mol. The number of ether oxygens (including phenoxy) is 1. The summed E-state index contributed by atoms with van der Waals surface area (Å²) in [5.74, 6) is -0.633. The van der Waals surface area contributed by atoms with E-state index in [-0.39, 0.29) is 21.9 Å². The largest absolute Gasteiger partial charge is 0.465 e. The van der Waals surface area contributed by atoms with E-state index in [4.69, 9.17) is 5.73 Å². The lowest BCUT2D eigenvalue weighted by Crippen LogP contribution is -2.40. The number of carbonyl (C=O) groups excluding carboxylic acids is 1. The van der Waals surface area contributed by atoms with Gasteiger partial charge in [0.1, 0.15) is 9.77 Å². The van der Waals surface area contributed by atoms with E-state index in [1.807, 2.05) is 0 Å². The highest BCUT2D eigenvalue weighted by atomic mass is 32.2. The normalized spacial score (nSPS) is 23.5. The van der Waals surface area contributed by atoms with Crippen molar-refractivity contribution in [2.75, 3.05) is 7.11 Å². The number of sulfonamides is 1. The molecule has 3 N–H and O–H groups in total. The van der Waals surface area contributed by atoms with Gasteiger partial charge in [-0.1, -0.05) is 0 Å². The molecule has 8 heteroatoms.